The minimum absolute atomic E-state index is 0.438. The first-order chi connectivity index (χ1) is 8.83. The standard InChI is InChI=1S/C13H18BrN3O/c14-10-1-2-13-12(7-10)16-3-5-17(13)8-11-9-18-6-4-15-11/h1-2,7,11,15-16H,3-6,8-9H2. The molecule has 0 amide bonds. The lowest BCUT2D eigenvalue weighted by Gasteiger charge is -2.36. The molecule has 0 radical (unpaired) electrons. The van der Waals surface area contributed by atoms with Gasteiger partial charge in [-0.15, -0.1) is 0 Å². The van der Waals surface area contributed by atoms with E-state index in [1.165, 1.54) is 11.4 Å². The fourth-order valence-corrected chi connectivity index (χ4v) is 2.93. The van der Waals surface area contributed by atoms with Gasteiger partial charge in [0.05, 0.1) is 24.6 Å². The van der Waals surface area contributed by atoms with E-state index in [0.29, 0.717) is 6.04 Å². The van der Waals surface area contributed by atoms with Crippen LogP contribution in [0.25, 0.3) is 0 Å². The quantitative estimate of drug-likeness (QED) is 0.871. The molecule has 1 aromatic carbocycles. The van der Waals surface area contributed by atoms with E-state index in [4.69, 9.17) is 4.74 Å². The van der Waals surface area contributed by atoms with Crippen LogP contribution < -0.4 is 15.5 Å². The summed E-state index contributed by atoms with van der Waals surface area (Å²) in [6.07, 6.45) is 0. The smallest absolute Gasteiger partial charge is 0.0637 e. The Morgan fingerprint density at radius 1 is 1.39 bits per heavy atom. The third kappa shape index (κ3) is 2.63. The Kier molecular flexibility index (Phi) is 3.72. The van der Waals surface area contributed by atoms with Crippen molar-refractivity contribution >= 4 is 27.3 Å². The lowest BCUT2D eigenvalue weighted by atomic mass is 10.1. The Morgan fingerprint density at radius 3 is 3.17 bits per heavy atom. The average molecular weight is 312 g/mol. The Morgan fingerprint density at radius 2 is 2.33 bits per heavy atom. The fourth-order valence-electron chi connectivity index (χ4n) is 2.56. The molecule has 0 saturated carbocycles. The van der Waals surface area contributed by atoms with Crippen molar-refractivity contribution in [3.8, 4) is 0 Å². The second-order valence-electron chi connectivity index (χ2n) is 4.76. The molecular weight excluding hydrogens is 294 g/mol. The minimum Gasteiger partial charge on any atom is -0.382 e. The van der Waals surface area contributed by atoms with Crippen LogP contribution >= 0.6 is 15.9 Å². The summed E-state index contributed by atoms with van der Waals surface area (Å²) in [6, 6.07) is 6.86. The van der Waals surface area contributed by atoms with E-state index in [-0.39, 0.29) is 0 Å². The molecule has 0 bridgehead atoms. The number of ether oxygens (including phenoxy) is 1. The predicted octanol–water partition coefficient (Wildman–Crippen LogP) is 1.67. The maximum atomic E-state index is 5.52. The van der Waals surface area contributed by atoms with Crippen LogP contribution in [0.4, 0.5) is 11.4 Å². The van der Waals surface area contributed by atoms with E-state index in [1.54, 1.807) is 0 Å². The second-order valence-corrected chi connectivity index (χ2v) is 5.68. The summed E-state index contributed by atoms with van der Waals surface area (Å²) in [5, 5.41) is 6.96. The molecule has 1 aromatic rings. The molecule has 1 atom stereocenters. The normalized spacial score (nSPS) is 23.4. The second kappa shape index (κ2) is 5.47. The van der Waals surface area contributed by atoms with Gasteiger partial charge in [0, 0.05) is 36.7 Å². The Hall–Kier alpha value is -0.780. The predicted molar refractivity (Wildman–Crippen MR) is 77.5 cm³/mol. The molecule has 1 saturated heterocycles. The molecule has 2 N–H and O–H groups in total. The molecular formula is C13H18BrN3O. The molecule has 5 heteroatoms. The molecule has 2 aliphatic rings. The molecule has 2 heterocycles. The third-order valence-electron chi connectivity index (χ3n) is 3.44. The highest BCUT2D eigenvalue weighted by molar-refractivity contribution is 9.10. The molecule has 98 valence electrons. The van der Waals surface area contributed by atoms with E-state index in [2.05, 4.69) is 49.7 Å². The van der Waals surface area contributed by atoms with Gasteiger partial charge >= 0.3 is 0 Å². The number of nitrogens with zero attached hydrogens (tertiary/aromatic N) is 1. The number of benzene rings is 1. The first kappa shape index (κ1) is 12.3. The summed E-state index contributed by atoms with van der Waals surface area (Å²) in [5.41, 5.74) is 2.50. The monoisotopic (exact) mass is 311 g/mol. The number of halogens is 1. The first-order valence-corrected chi connectivity index (χ1v) is 7.22. The van der Waals surface area contributed by atoms with Crippen molar-refractivity contribution in [1.82, 2.24) is 5.32 Å². The number of anilines is 2. The van der Waals surface area contributed by atoms with E-state index in [1.807, 2.05) is 0 Å². The highest BCUT2D eigenvalue weighted by Crippen LogP contribution is 2.31. The highest BCUT2D eigenvalue weighted by Gasteiger charge is 2.21. The van der Waals surface area contributed by atoms with Crippen molar-refractivity contribution in [2.45, 2.75) is 6.04 Å². The minimum atomic E-state index is 0.438. The van der Waals surface area contributed by atoms with Crippen LogP contribution in [0.1, 0.15) is 0 Å². The van der Waals surface area contributed by atoms with Crippen LogP contribution in [0.3, 0.4) is 0 Å². The van der Waals surface area contributed by atoms with Gasteiger partial charge in [-0.2, -0.15) is 0 Å². The molecule has 18 heavy (non-hydrogen) atoms. The van der Waals surface area contributed by atoms with Gasteiger partial charge in [0.25, 0.3) is 0 Å². The van der Waals surface area contributed by atoms with Crippen molar-refractivity contribution in [1.29, 1.82) is 0 Å². The lowest BCUT2D eigenvalue weighted by Crippen LogP contribution is -2.50. The van der Waals surface area contributed by atoms with Gasteiger partial charge in [-0.1, -0.05) is 15.9 Å². The van der Waals surface area contributed by atoms with E-state index in [0.717, 1.165) is 43.9 Å². The van der Waals surface area contributed by atoms with Crippen molar-refractivity contribution in [3.63, 3.8) is 0 Å². The molecule has 1 fully saturated rings. The van der Waals surface area contributed by atoms with Gasteiger partial charge < -0.3 is 20.3 Å². The Balaban J connectivity index is 1.74. The van der Waals surface area contributed by atoms with E-state index < -0.39 is 0 Å². The topological polar surface area (TPSA) is 36.5 Å². The highest BCUT2D eigenvalue weighted by atomic mass is 79.9. The zero-order chi connectivity index (χ0) is 12.4. The van der Waals surface area contributed by atoms with Gasteiger partial charge in [-0.25, -0.2) is 0 Å². The van der Waals surface area contributed by atoms with E-state index >= 15 is 0 Å². The zero-order valence-corrected chi connectivity index (χ0v) is 11.9. The number of rotatable bonds is 2. The fraction of sp³-hybridized carbons (Fsp3) is 0.538. The molecule has 1 unspecified atom stereocenters. The molecule has 3 rings (SSSR count). The third-order valence-corrected chi connectivity index (χ3v) is 3.93. The van der Waals surface area contributed by atoms with Crippen LogP contribution in [0.2, 0.25) is 0 Å². The van der Waals surface area contributed by atoms with Crippen molar-refractivity contribution in [2.75, 3.05) is 49.6 Å². The summed E-state index contributed by atoms with van der Waals surface area (Å²) in [5.74, 6) is 0. The SMILES string of the molecule is Brc1ccc2c(c1)NCCN2CC1COCCN1. The van der Waals surface area contributed by atoms with E-state index in [9.17, 15) is 0 Å². The molecule has 4 nitrogen and oxygen atoms in total. The first-order valence-electron chi connectivity index (χ1n) is 6.42. The number of hydrogen-bond donors (Lipinski definition) is 2. The largest absolute Gasteiger partial charge is 0.382 e. The number of hydrogen-bond acceptors (Lipinski definition) is 4. The molecule has 2 aliphatic heterocycles. The molecule has 0 aliphatic carbocycles. The Labute approximate surface area is 116 Å². The number of fused-ring (bicyclic) bond motifs is 1. The van der Waals surface area contributed by atoms with Crippen molar-refractivity contribution < 1.29 is 4.74 Å². The van der Waals surface area contributed by atoms with Crippen LogP contribution in [0.5, 0.6) is 0 Å². The summed E-state index contributed by atoms with van der Waals surface area (Å²) < 4.78 is 6.64. The Bertz CT molecular complexity index is 421. The van der Waals surface area contributed by atoms with Gasteiger partial charge in [0.15, 0.2) is 0 Å². The number of morpholine rings is 1. The maximum Gasteiger partial charge on any atom is 0.0637 e. The average Bonchev–Trinajstić information content (AvgIpc) is 2.40. The van der Waals surface area contributed by atoms with Crippen molar-refractivity contribution in [2.24, 2.45) is 0 Å². The molecule has 0 spiro atoms. The van der Waals surface area contributed by atoms with Crippen LogP contribution in [-0.4, -0.2) is 45.4 Å². The lowest BCUT2D eigenvalue weighted by molar-refractivity contribution is 0.0788. The summed E-state index contributed by atoms with van der Waals surface area (Å²) >= 11 is 3.52. The maximum absolute atomic E-state index is 5.52. The summed E-state index contributed by atoms with van der Waals surface area (Å²) in [6.45, 7) is 5.67. The zero-order valence-electron chi connectivity index (χ0n) is 10.3. The summed E-state index contributed by atoms with van der Waals surface area (Å²) in [7, 11) is 0. The summed E-state index contributed by atoms with van der Waals surface area (Å²) in [4.78, 5) is 2.44. The van der Waals surface area contributed by atoms with Gasteiger partial charge in [0.1, 0.15) is 0 Å². The van der Waals surface area contributed by atoms with Crippen LogP contribution in [0, 0.1) is 0 Å². The van der Waals surface area contributed by atoms with Gasteiger partial charge in [0.2, 0.25) is 0 Å². The van der Waals surface area contributed by atoms with Crippen LogP contribution in [-0.2, 0) is 4.74 Å². The van der Waals surface area contributed by atoms with Crippen molar-refractivity contribution in [3.05, 3.63) is 22.7 Å². The number of nitrogens with one attached hydrogen (secondary N) is 2. The van der Waals surface area contributed by atoms with Gasteiger partial charge in [-0.05, 0) is 18.2 Å². The molecule has 0 aromatic heterocycles. The van der Waals surface area contributed by atoms with Gasteiger partial charge in [-0.3, -0.25) is 0 Å². The van der Waals surface area contributed by atoms with Crippen LogP contribution in [0.15, 0.2) is 22.7 Å².